The van der Waals surface area contributed by atoms with Gasteiger partial charge in [0.1, 0.15) is 12.0 Å². The summed E-state index contributed by atoms with van der Waals surface area (Å²) >= 11 is 5.94. The van der Waals surface area contributed by atoms with Crippen LogP contribution in [0.2, 0.25) is 5.02 Å². The Hall–Kier alpha value is -2.01. The predicted octanol–water partition coefficient (Wildman–Crippen LogP) is 8.35. The molecule has 1 aromatic carbocycles. The summed E-state index contributed by atoms with van der Waals surface area (Å²) < 4.78 is 0. The first-order chi connectivity index (χ1) is 15.7. The highest BCUT2D eigenvalue weighted by Crippen LogP contribution is 2.26. The molecule has 178 valence electrons. The molecule has 0 aliphatic rings. The third kappa shape index (κ3) is 11.0. The number of rotatable bonds is 18. The number of aromatic nitrogens is 2. The summed E-state index contributed by atoms with van der Waals surface area (Å²) in [6.45, 7) is 3.15. The van der Waals surface area contributed by atoms with Crippen LogP contribution in [0.4, 0.5) is 23.0 Å². The maximum atomic E-state index is 6.25. The van der Waals surface area contributed by atoms with E-state index in [-0.39, 0.29) is 0 Å². The quantitative estimate of drug-likeness (QED) is 0.195. The van der Waals surface area contributed by atoms with Gasteiger partial charge in [-0.2, -0.15) is 0 Å². The Morgan fingerprint density at radius 3 is 1.78 bits per heavy atom. The molecule has 0 fully saturated rings. The van der Waals surface area contributed by atoms with Gasteiger partial charge in [0, 0.05) is 17.3 Å². The molecule has 1 aromatic heterocycles. The lowest BCUT2D eigenvalue weighted by Gasteiger charge is -2.12. The molecule has 0 spiro atoms. The number of hydrogen-bond donors (Lipinski definition) is 3. The van der Waals surface area contributed by atoms with E-state index in [1.807, 2.05) is 24.3 Å². The van der Waals surface area contributed by atoms with Gasteiger partial charge in [-0.3, -0.25) is 0 Å². The smallest absolute Gasteiger partial charge is 0.159 e. The summed E-state index contributed by atoms with van der Waals surface area (Å²) in [5.41, 5.74) is 7.67. The predicted molar refractivity (Wildman–Crippen MR) is 140 cm³/mol. The van der Waals surface area contributed by atoms with Gasteiger partial charge >= 0.3 is 0 Å². The first kappa shape index (κ1) is 26.2. The van der Waals surface area contributed by atoms with Crippen LogP contribution < -0.4 is 16.4 Å². The molecule has 0 unspecified atom stereocenters. The molecule has 1 heterocycles. The van der Waals surface area contributed by atoms with E-state index in [1.165, 1.54) is 89.8 Å². The van der Waals surface area contributed by atoms with E-state index < -0.39 is 0 Å². The summed E-state index contributed by atoms with van der Waals surface area (Å²) in [5, 5.41) is 7.27. The number of hydrogen-bond acceptors (Lipinski definition) is 5. The Morgan fingerprint density at radius 2 is 1.22 bits per heavy atom. The van der Waals surface area contributed by atoms with E-state index >= 15 is 0 Å². The van der Waals surface area contributed by atoms with Gasteiger partial charge in [-0.25, -0.2) is 9.97 Å². The lowest BCUT2D eigenvalue weighted by molar-refractivity contribution is 0.537. The molecule has 0 aliphatic carbocycles. The van der Waals surface area contributed by atoms with Crippen LogP contribution in [-0.4, -0.2) is 16.5 Å². The molecule has 6 heteroatoms. The Balaban J connectivity index is 1.50. The van der Waals surface area contributed by atoms with Crippen molar-refractivity contribution in [1.82, 2.24) is 9.97 Å². The average Bonchev–Trinajstić information content (AvgIpc) is 2.80. The van der Waals surface area contributed by atoms with Crippen LogP contribution in [0.5, 0.6) is 0 Å². The topological polar surface area (TPSA) is 75.9 Å². The van der Waals surface area contributed by atoms with Gasteiger partial charge < -0.3 is 16.4 Å². The number of nitrogen functional groups attached to an aromatic ring is 1. The van der Waals surface area contributed by atoms with E-state index in [2.05, 4.69) is 27.5 Å². The molecule has 5 nitrogen and oxygen atoms in total. The molecule has 2 aromatic rings. The summed E-state index contributed by atoms with van der Waals surface area (Å²) in [7, 11) is 0. The van der Waals surface area contributed by atoms with Crippen molar-refractivity contribution in [3.8, 4) is 0 Å². The van der Waals surface area contributed by atoms with Crippen molar-refractivity contribution in [2.24, 2.45) is 0 Å². The van der Waals surface area contributed by atoms with Crippen LogP contribution in [-0.2, 0) is 0 Å². The van der Waals surface area contributed by atoms with Crippen molar-refractivity contribution in [2.75, 3.05) is 22.9 Å². The zero-order valence-corrected chi connectivity index (χ0v) is 20.6. The van der Waals surface area contributed by atoms with E-state index in [0.717, 1.165) is 18.7 Å². The van der Waals surface area contributed by atoms with Crippen LogP contribution in [0.3, 0.4) is 0 Å². The number of benzene rings is 1. The first-order valence-electron chi connectivity index (χ1n) is 12.6. The SMILES string of the molecule is CCCCCCCCCCCCCCCCNc1ncnc(Nc2ccc(Cl)cc2)c1N. The van der Waals surface area contributed by atoms with Gasteiger partial charge in [0.25, 0.3) is 0 Å². The molecule has 0 atom stereocenters. The van der Waals surface area contributed by atoms with Crippen LogP contribution in [0, 0.1) is 0 Å². The van der Waals surface area contributed by atoms with Gasteiger partial charge in [-0.1, -0.05) is 102 Å². The molecule has 32 heavy (non-hydrogen) atoms. The average molecular weight is 460 g/mol. The monoisotopic (exact) mass is 459 g/mol. The summed E-state index contributed by atoms with van der Waals surface area (Å²) in [6, 6.07) is 7.45. The standard InChI is InChI=1S/C26H42ClN5/c1-2-3-4-5-6-7-8-9-10-11-12-13-14-15-20-29-25-24(28)26(31-21-30-25)32-23-18-16-22(27)17-19-23/h16-19,21H,2-15,20,28H2,1H3,(H2,29,30,31,32). The number of unbranched alkanes of at least 4 members (excludes halogenated alkanes) is 13. The molecular formula is C26H42ClN5. The lowest BCUT2D eigenvalue weighted by Crippen LogP contribution is -2.09. The Bertz CT molecular complexity index is 735. The normalized spacial score (nSPS) is 10.9. The largest absolute Gasteiger partial charge is 0.393 e. The van der Waals surface area contributed by atoms with Gasteiger partial charge in [-0.15, -0.1) is 0 Å². The highest BCUT2D eigenvalue weighted by Gasteiger charge is 2.08. The third-order valence-corrected chi connectivity index (χ3v) is 6.07. The minimum atomic E-state index is 0.535. The minimum absolute atomic E-state index is 0.535. The van der Waals surface area contributed by atoms with Crippen LogP contribution >= 0.6 is 11.6 Å². The third-order valence-electron chi connectivity index (χ3n) is 5.81. The van der Waals surface area contributed by atoms with Crippen molar-refractivity contribution in [1.29, 1.82) is 0 Å². The summed E-state index contributed by atoms with van der Waals surface area (Å²) in [6.07, 6.45) is 20.6. The van der Waals surface area contributed by atoms with Gasteiger partial charge in [0.15, 0.2) is 11.6 Å². The van der Waals surface area contributed by atoms with Gasteiger partial charge in [0.05, 0.1) is 0 Å². The molecule has 0 radical (unpaired) electrons. The van der Waals surface area contributed by atoms with E-state index in [0.29, 0.717) is 22.3 Å². The molecule has 0 aliphatic heterocycles. The second kappa shape index (κ2) is 16.6. The Morgan fingerprint density at radius 1 is 0.719 bits per heavy atom. The molecular weight excluding hydrogens is 418 g/mol. The molecule has 4 N–H and O–H groups in total. The van der Waals surface area contributed by atoms with Crippen molar-refractivity contribution in [3.05, 3.63) is 35.6 Å². The molecule has 0 amide bonds. The van der Waals surface area contributed by atoms with Crippen LogP contribution in [0.25, 0.3) is 0 Å². The van der Waals surface area contributed by atoms with Gasteiger partial charge in [-0.05, 0) is 30.7 Å². The summed E-state index contributed by atoms with van der Waals surface area (Å²) in [5.74, 6) is 1.29. The van der Waals surface area contributed by atoms with Crippen molar-refractivity contribution >= 4 is 34.6 Å². The highest BCUT2D eigenvalue weighted by molar-refractivity contribution is 6.30. The number of halogens is 1. The second-order valence-corrected chi connectivity index (χ2v) is 9.08. The van der Waals surface area contributed by atoms with Crippen LogP contribution in [0.15, 0.2) is 30.6 Å². The maximum Gasteiger partial charge on any atom is 0.159 e. The number of nitrogens with two attached hydrogens (primary N) is 1. The Kier molecular flexibility index (Phi) is 13.6. The number of anilines is 4. The first-order valence-corrected chi connectivity index (χ1v) is 13.0. The Labute approximate surface area is 200 Å². The fourth-order valence-corrected chi connectivity index (χ4v) is 3.96. The zero-order valence-electron chi connectivity index (χ0n) is 19.8. The molecule has 0 saturated carbocycles. The summed E-state index contributed by atoms with van der Waals surface area (Å²) in [4.78, 5) is 8.55. The van der Waals surface area contributed by atoms with Crippen molar-refractivity contribution in [2.45, 2.75) is 96.8 Å². The fraction of sp³-hybridized carbons (Fsp3) is 0.615. The van der Waals surface area contributed by atoms with Gasteiger partial charge in [0.2, 0.25) is 0 Å². The highest BCUT2D eigenvalue weighted by atomic mass is 35.5. The second-order valence-electron chi connectivity index (χ2n) is 8.64. The van der Waals surface area contributed by atoms with E-state index in [9.17, 15) is 0 Å². The number of nitrogens with one attached hydrogen (secondary N) is 2. The zero-order chi connectivity index (χ0) is 22.9. The minimum Gasteiger partial charge on any atom is -0.393 e. The van der Waals surface area contributed by atoms with Crippen LogP contribution in [0.1, 0.15) is 96.8 Å². The van der Waals surface area contributed by atoms with Crippen molar-refractivity contribution in [3.63, 3.8) is 0 Å². The lowest BCUT2D eigenvalue weighted by atomic mass is 10.0. The molecule has 0 saturated heterocycles. The molecule has 2 rings (SSSR count). The van der Waals surface area contributed by atoms with Crippen molar-refractivity contribution < 1.29 is 0 Å². The fourth-order valence-electron chi connectivity index (χ4n) is 3.83. The molecule has 0 bridgehead atoms. The maximum absolute atomic E-state index is 6.25. The van der Waals surface area contributed by atoms with E-state index in [4.69, 9.17) is 17.3 Å². The van der Waals surface area contributed by atoms with E-state index in [1.54, 1.807) is 0 Å². The number of nitrogens with zero attached hydrogens (tertiary/aromatic N) is 2.